The van der Waals surface area contributed by atoms with Crippen molar-refractivity contribution in [2.45, 2.75) is 25.9 Å². The molecule has 2 heterocycles. The van der Waals surface area contributed by atoms with Gasteiger partial charge in [-0.1, -0.05) is 47.1 Å². The van der Waals surface area contributed by atoms with Gasteiger partial charge in [0.05, 0.1) is 5.52 Å². The van der Waals surface area contributed by atoms with Crippen molar-refractivity contribution >= 4 is 26.8 Å². The highest BCUT2D eigenvalue weighted by atomic mass is 79.9. The van der Waals surface area contributed by atoms with E-state index in [1.54, 1.807) is 0 Å². The highest BCUT2D eigenvalue weighted by molar-refractivity contribution is 9.09. The molecule has 0 spiro atoms. The summed E-state index contributed by atoms with van der Waals surface area (Å²) in [6, 6.07) is 11.3. The van der Waals surface area contributed by atoms with Gasteiger partial charge in [-0.05, 0) is 30.5 Å². The fourth-order valence-electron chi connectivity index (χ4n) is 3.05. The number of benzene rings is 1. The van der Waals surface area contributed by atoms with Gasteiger partial charge in [0.25, 0.3) is 0 Å². The van der Waals surface area contributed by atoms with E-state index in [9.17, 15) is 0 Å². The van der Waals surface area contributed by atoms with E-state index in [0.717, 1.165) is 23.3 Å². The van der Waals surface area contributed by atoms with Gasteiger partial charge >= 0.3 is 0 Å². The van der Waals surface area contributed by atoms with Crippen molar-refractivity contribution in [1.82, 2.24) is 9.88 Å². The van der Waals surface area contributed by atoms with Crippen LogP contribution < -0.4 is 0 Å². The number of likely N-dealkylation sites (tertiary alicyclic amines) is 1. The molecule has 0 bridgehead atoms. The molecule has 1 aromatic heterocycles. The van der Waals surface area contributed by atoms with E-state index in [1.807, 2.05) is 12.3 Å². The molecule has 1 aromatic carbocycles. The molecule has 0 amide bonds. The second kappa shape index (κ2) is 5.59. The van der Waals surface area contributed by atoms with E-state index in [-0.39, 0.29) is 0 Å². The van der Waals surface area contributed by atoms with Crippen LogP contribution >= 0.6 is 15.9 Å². The first-order valence-corrected chi connectivity index (χ1v) is 8.04. The lowest BCUT2D eigenvalue weighted by molar-refractivity contribution is 0.245. The third-order valence-corrected chi connectivity index (χ3v) is 4.91. The highest BCUT2D eigenvalue weighted by Crippen LogP contribution is 2.28. The van der Waals surface area contributed by atoms with Crippen LogP contribution in [0.2, 0.25) is 0 Å². The van der Waals surface area contributed by atoms with E-state index in [0.29, 0.717) is 6.04 Å². The molecule has 0 radical (unpaired) electrons. The van der Waals surface area contributed by atoms with Gasteiger partial charge in [-0.25, -0.2) is 0 Å². The van der Waals surface area contributed by atoms with Gasteiger partial charge in [0.15, 0.2) is 0 Å². The van der Waals surface area contributed by atoms with E-state index in [4.69, 9.17) is 0 Å². The highest BCUT2D eigenvalue weighted by Gasteiger charge is 2.30. The van der Waals surface area contributed by atoms with Crippen molar-refractivity contribution in [2.24, 2.45) is 5.92 Å². The lowest BCUT2D eigenvalue weighted by Crippen LogP contribution is -2.33. The molecular weight excluding hydrogens is 300 g/mol. The van der Waals surface area contributed by atoms with Crippen LogP contribution in [-0.4, -0.2) is 27.8 Å². The SMILES string of the molecule is CC1CCN(Cc2cccc3cccnc23)C1CBr. The quantitative estimate of drug-likeness (QED) is 0.799. The van der Waals surface area contributed by atoms with Gasteiger partial charge in [0.2, 0.25) is 0 Å². The van der Waals surface area contributed by atoms with E-state index < -0.39 is 0 Å². The smallest absolute Gasteiger partial charge is 0.0746 e. The number of fused-ring (bicyclic) bond motifs is 1. The zero-order chi connectivity index (χ0) is 13.2. The average molecular weight is 319 g/mol. The number of hydrogen-bond donors (Lipinski definition) is 0. The largest absolute Gasteiger partial charge is 0.295 e. The average Bonchev–Trinajstić information content (AvgIpc) is 2.79. The molecule has 100 valence electrons. The van der Waals surface area contributed by atoms with Crippen molar-refractivity contribution in [1.29, 1.82) is 0 Å². The third-order valence-electron chi connectivity index (χ3n) is 4.25. The molecule has 3 heteroatoms. The van der Waals surface area contributed by atoms with Crippen LogP contribution in [0.25, 0.3) is 10.9 Å². The first-order chi connectivity index (χ1) is 9.29. The maximum Gasteiger partial charge on any atom is 0.0746 e. The van der Waals surface area contributed by atoms with Crippen molar-refractivity contribution in [3.63, 3.8) is 0 Å². The number of nitrogens with zero attached hydrogens (tertiary/aromatic N) is 2. The monoisotopic (exact) mass is 318 g/mol. The summed E-state index contributed by atoms with van der Waals surface area (Å²) in [5.74, 6) is 0.780. The molecule has 0 saturated carbocycles. The lowest BCUT2D eigenvalue weighted by atomic mass is 10.0. The maximum absolute atomic E-state index is 4.55. The Hall–Kier alpha value is -0.930. The summed E-state index contributed by atoms with van der Waals surface area (Å²) < 4.78 is 0. The van der Waals surface area contributed by atoms with Crippen molar-refractivity contribution < 1.29 is 0 Å². The Labute approximate surface area is 123 Å². The molecule has 0 N–H and O–H groups in total. The summed E-state index contributed by atoms with van der Waals surface area (Å²) in [6.45, 7) is 4.56. The second-order valence-corrected chi connectivity index (χ2v) is 6.10. The molecule has 19 heavy (non-hydrogen) atoms. The number of alkyl halides is 1. The van der Waals surface area contributed by atoms with E-state index in [2.05, 4.69) is 57.0 Å². The Bertz CT molecular complexity index is 564. The molecule has 1 fully saturated rings. The molecule has 1 aliphatic heterocycles. The van der Waals surface area contributed by atoms with Gasteiger partial charge in [-0.3, -0.25) is 9.88 Å². The van der Waals surface area contributed by atoms with Crippen molar-refractivity contribution in [3.8, 4) is 0 Å². The van der Waals surface area contributed by atoms with Gasteiger partial charge in [-0.2, -0.15) is 0 Å². The number of halogens is 1. The van der Waals surface area contributed by atoms with E-state index in [1.165, 1.54) is 23.9 Å². The summed E-state index contributed by atoms with van der Waals surface area (Å²) in [5.41, 5.74) is 2.50. The summed E-state index contributed by atoms with van der Waals surface area (Å²) in [7, 11) is 0. The molecule has 0 aliphatic carbocycles. The van der Waals surface area contributed by atoms with Crippen LogP contribution in [-0.2, 0) is 6.54 Å². The molecular formula is C16H19BrN2. The summed E-state index contributed by atoms with van der Waals surface area (Å²) in [4.78, 5) is 7.14. The zero-order valence-electron chi connectivity index (χ0n) is 11.2. The Morgan fingerprint density at radius 1 is 1.32 bits per heavy atom. The Morgan fingerprint density at radius 3 is 3.00 bits per heavy atom. The van der Waals surface area contributed by atoms with Crippen LogP contribution in [0.3, 0.4) is 0 Å². The topological polar surface area (TPSA) is 16.1 Å². The number of pyridine rings is 1. The molecule has 1 saturated heterocycles. The standard InChI is InChI=1S/C16H19BrN2/c1-12-7-9-19(15(12)10-17)11-14-5-2-4-13-6-3-8-18-16(13)14/h2-6,8,12,15H,7,9-11H2,1H3. The fraction of sp³-hybridized carbons (Fsp3) is 0.438. The Balaban J connectivity index is 1.89. The predicted molar refractivity (Wildman–Crippen MR) is 83.5 cm³/mol. The second-order valence-electron chi connectivity index (χ2n) is 5.45. The predicted octanol–water partition coefficient (Wildman–Crippen LogP) is 3.84. The Kier molecular flexibility index (Phi) is 3.85. The minimum Gasteiger partial charge on any atom is -0.295 e. The molecule has 2 atom stereocenters. The molecule has 1 aliphatic rings. The van der Waals surface area contributed by atoms with Crippen LogP contribution in [0.1, 0.15) is 18.9 Å². The first kappa shape index (κ1) is 13.1. The summed E-state index contributed by atoms with van der Waals surface area (Å²) in [5, 5.41) is 2.30. The van der Waals surface area contributed by atoms with E-state index >= 15 is 0 Å². The van der Waals surface area contributed by atoms with Gasteiger partial charge in [0.1, 0.15) is 0 Å². The number of aromatic nitrogens is 1. The normalized spacial score (nSPS) is 24.1. The third kappa shape index (κ3) is 2.54. The van der Waals surface area contributed by atoms with Crippen LogP contribution in [0.5, 0.6) is 0 Å². The molecule has 3 rings (SSSR count). The molecule has 2 aromatic rings. The summed E-state index contributed by atoms with van der Waals surface area (Å²) >= 11 is 3.66. The van der Waals surface area contributed by atoms with Gasteiger partial charge < -0.3 is 0 Å². The molecule has 2 unspecified atom stereocenters. The van der Waals surface area contributed by atoms with Crippen molar-refractivity contribution in [3.05, 3.63) is 42.1 Å². The maximum atomic E-state index is 4.55. The van der Waals surface area contributed by atoms with Gasteiger partial charge in [-0.15, -0.1) is 0 Å². The number of para-hydroxylation sites is 1. The van der Waals surface area contributed by atoms with Crippen LogP contribution in [0, 0.1) is 5.92 Å². The zero-order valence-corrected chi connectivity index (χ0v) is 12.8. The van der Waals surface area contributed by atoms with Crippen molar-refractivity contribution in [2.75, 3.05) is 11.9 Å². The lowest BCUT2D eigenvalue weighted by Gasteiger charge is -2.25. The minimum atomic E-state index is 0.652. The number of hydrogen-bond acceptors (Lipinski definition) is 2. The van der Waals surface area contributed by atoms with Crippen LogP contribution in [0.15, 0.2) is 36.5 Å². The number of rotatable bonds is 3. The minimum absolute atomic E-state index is 0.652. The summed E-state index contributed by atoms with van der Waals surface area (Å²) in [6.07, 6.45) is 3.19. The fourth-order valence-corrected chi connectivity index (χ4v) is 4.09. The molecule has 2 nitrogen and oxygen atoms in total. The Morgan fingerprint density at radius 2 is 2.16 bits per heavy atom. The van der Waals surface area contributed by atoms with Gasteiger partial charge in [0, 0.05) is 29.5 Å². The first-order valence-electron chi connectivity index (χ1n) is 6.92. The van der Waals surface area contributed by atoms with Crippen LogP contribution in [0.4, 0.5) is 0 Å².